The van der Waals surface area contributed by atoms with Gasteiger partial charge in [0.15, 0.2) is 0 Å². The molecule has 1 saturated heterocycles. The molecule has 2 aromatic heterocycles. The molecule has 1 aliphatic rings. The molecule has 3 rings (SSSR count). The van der Waals surface area contributed by atoms with Gasteiger partial charge in [-0.3, -0.25) is 10.1 Å². The van der Waals surface area contributed by atoms with Crippen molar-refractivity contribution in [2.75, 3.05) is 29.0 Å². The van der Waals surface area contributed by atoms with Gasteiger partial charge in [-0.05, 0) is 25.0 Å². The van der Waals surface area contributed by atoms with Crippen LogP contribution in [0, 0.1) is 21.4 Å². The van der Waals surface area contributed by atoms with Crippen LogP contribution >= 0.6 is 0 Å². The third-order valence-corrected chi connectivity index (χ3v) is 4.02. The van der Waals surface area contributed by atoms with E-state index < -0.39 is 4.92 Å². The fourth-order valence-electron chi connectivity index (χ4n) is 2.67. The molecule has 0 aromatic carbocycles. The lowest BCUT2D eigenvalue weighted by Gasteiger charge is -2.33. The lowest BCUT2D eigenvalue weighted by molar-refractivity contribution is -0.384. The van der Waals surface area contributed by atoms with Gasteiger partial charge in [0.1, 0.15) is 18.1 Å². The highest BCUT2D eigenvalue weighted by atomic mass is 16.6. The van der Waals surface area contributed by atoms with Gasteiger partial charge in [-0.2, -0.15) is 10.2 Å². The lowest BCUT2D eigenvalue weighted by atomic mass is 10.1. The number of piperidine rings is 1. The smallest absolute Gasteiger partial charge is 0.329 e. The number of aromatic nitrogens is 3. The van der Waals surface area contributed by atoms with Gasteiger partial charge in [0.05, 0.1) is 10.5 Å². The number of nitrogen functional groups attached to an aromatic ring is 1. The van der Waals surface area contributed by atoms with Crippen LogP contribution in [0.3, 0.4) is 0 Å². The summed E-state index contributed by atoms with van der Waals surface area (Å²) >= 11 is 0. The first-order valence-corrected chi connectivity index (χ1v) is 7.71. The zero-order valence-electron chi connectivity index (χ0n) is 13.3. The van der Waals surface area contributed by atoms with Gasteiger partial charge in [0.2, 0.25) is 11.8 Å². The van der Waals surface area contributed by atoms with Gasteiger partial charge in [0, 0.05) is 25.3 Å². The Balaban J connectivity index is 1.58. The monoisotopic (exact) mass is 340 g/mol. The van der Waals surface area contributed by atoms with Crippen LogP contribution in [-0.2, 0) is 0 Å². The fraction of sp³-hybridized carbons (Fsp3) is 0.333. The topological polar surface area (TPSA) is 147 Å². The lowest BCUT2D eigenvalue weighted by Crippen LogP contribution is -2.39. The number of rotatable bonds is 4. The van der Waals surface area contributed by atoms with Crippen LogP contribution in [0.2, 0.25) is 0 Å². The van der Waals surface area contributed by atoms with E-state index in [4.69, 9.17) is 11.0 Å². The first-order chi connectivity index (χ1) is 12.1. The minimum absolute atomic E-state index is 0.149. The maximum atomic E-state index is 10.7. The van der Waals surface area contributed by atoms with Crippen LogP contribution in [-0.4, -0.2) is 39.0 Å². The Bertz CT molecular complexity index is 809. The number of hydrogen-bond acceptors (Lipinski definition) is 9. The summed E-state index contributed by atoms with van der Waals surface area (Å²) in [6.45, 7) is 1.58. The second kappa shape index (κ2) is 6.96. The van der Waals surface area contributed by atoms with Crippen molar-refractivity contribution >= 4 is 23.3 Å². The van der Waals surface area contributed by atoms with E-state index in [2.05, 4.69) is 25.2 Å². The van der Waals surface area contributed by atoms with E-state index in [0.717, 1.165) is 37.9 Å². The zero-order valence-corrected chi connectivity index (χ0v) is 13.3. The van der Waals surface area contributed by atoms with E-state index in [1.54, 1.807) is 12.3 Å². The predicted molar refractivity (Wildman–Crippen MR) is 90.9 cm³/mol. The quantitative estimate of drug-likeness (QED) is 0.621. The van der Waals surface area contributed by atoms with Gasteiger partial charge >= 0.3 is 5.69 Å². The Labute approximate surface area is 143 Å². The maximum absolute atomic E-state index is 10.7. The first kappa shape index (κ1) is 16.4. The van der Waals surface area contributed by atoms with Crippen molar-refractivity contribution in [3.05, 3.63) is 40.2 Å². The molecule has 10 nitrogen and oxygen atoms in total. The largest absolute Gasteiger partial charge is 0.378 e. The van der Waals surface area contributed by atoms with Gasteiger partial charge < -0.3 is 16.0 Å². The first-order valence-electron chi connectivity index (χ1n) is 7.71. The third kappa shape index (κ3) is 3.72. The van der Waals surface area contributed by atoms with Gasteiger partial charge in [-0.25, -0.2) is 9.97 Å². The Morgan fingerprint density at radius 1 is 1.32 bits per heavy atom. The Hall–Kier alpha value is -3.48. The van der Waals surface area contributed by atoms with E-state index in [-0.39, 0.29) is 23.5 Å². The summed E-state index contributed by atoms with van der Waals surface area (Å²) in [7, 11) is 0. The van der Waals surface area contributed by atoms with E-state index in [9.17, 15) is 10.1 Å². The Kier molecular flexibility index (Phi) is 4.56. The number of nitriles is 1. The highest BCUT2D eigenvalue weighted by molar-refractivity contribution is 5.53. The molecule has 3 heterocycles. The summed E-state index contributed by atoms with van der Waals surface area (Å²) in [5, 5.41) is 22.7. The summed E-state index contributed by atoms with van der Waals surface area (Å²) in [5.74, 6) is 0.980. The molecule has 0 aliphatic carbocycles. The normalized spacial score (nSPS) is 14.8. The van der Waals surface area contributed by atoms with Gasteiger partial charge in [0.25, 0.3) is 0 Å². The standard InChI is InChI=1S/C15H16N8O2/c16-7-10-1-2-13(18-8-10)22-5-3-11(4-6-22)20-15-19-9-12(23(24)25)14(17)21-15/h1-2,8-9,11H,3-6H2,(H3,17,19,20,21). The van der Waals surface area contributed by atoms with Crippen LogP contribution in [0.4, 0.5) is 23.3 Å². The van der Waals surface area contributed by atoms with Crippen LogP contribution in [0.25, 0.3) is 0 Å². The number of anilines is 3. The van der Waals surface area contributed by atoms with Crippen molar-refractivity contribution in [2.24, 2.45) is 0 Å². The van der Waals surface area contributed by atoms with Crippen molar-refractivity contribution in [2.45, 2.75) is 18.9 Å². The summed E-state index contributed by atoms with van der Waals surface area (Å²) in [6.07, 6.45) is 4.34. The molecular weight excluding hydrogens is 324 g/mol. The number of nitrogens with one attached hydrogen (secondary N) is 1. The second-order valence-corrected chi connectivity index (χ2v) is 5.64. The second-order valence-electron chi connectivity index (χ2n) is 5.64. The molecule has 0 radical (unpaired) electrons. The molecule has 0 unspecified atom stereocenters. The van der Waals surface area contributed by atoms with Crippen LogP contribution < -0.4 is 16.0 Å². The van der Waals surface area contributed by atoms with Crippen molar-refractivity contribution in [3.8, 4) is 6.07 Å². The highest BCUT2D eigenvalue weighted by Gasteiger charge is 2.22. The fourth-order valence-corrected chi connectivity index (χ4v) is 2.67. The van der Waals surface area contributed by atoms with E-state index in [1.807, 2.05) is 12.1 Å². The molecule has 0 amide bonds. The average Bonchev–Trinajstić information content (AvgIpc) is 2.62. The summed E-state index contributed by atoms with van der Waals surface area (Å²) in [6, 6.07) is 5.79. The molecule has 0 atom stereocenters. The minimum Gasteiger partial charge on any atom is -0.378 e. The summed E-state index contributed by atoms with van der Waals surface area (Å²) in [4.78, 5) is 24.5. The number of nitro groups is 1. The molecule has 3 N–H and O–H groups in total. The highest BCUT2D eigenvalue weighted by Crippen LogP contribution is 2.22. The maximum Gasteiger partial charge on any atom is 0.329 e. The minimum atomic E-state index is -0.609. The molecule has 0 saturated carbocycles. The van der Waals surface area contributed by atoms with E-state index >= 15 is 0 Å². The Morgan fingerprint density at radius 2 is 2.08 bits per heavy atom. The predicted octanol–water partition coefficient (Wildman–Crippen LogP) is 1.31. The molecule has 0 spiro atoms. The van der Waals surface area contributed by atoms with Crippen LogP contribution in [0.1, 0.15) is 18.4 Å². The van der Waals surface area contributed by atoms with Crippen molar-refractivity contribution in [1.29, 1.82) is 5.26 Å². The molecular formula is C15H16N8O2. The third-order valence-electron chi connectivity index (χ3n) is 4.02. The SMILES string of the molecule is N#Cc1ccc(N2CCC(Nc3ncc([N+](=O)[O-])c(N)n3)CC2)nc1. The molecule has 2 aromatic rings. The number of hydrogen-bond donors (Lipinski definition) is 2. The van der Waals surface area contributed by atoms with Crippen LogP contribution in [0.5, 0.6) is 0 Å². The summed E-state index contributed by atoms with van der Waals surface area (Å²) < 4.78 is 0. The number of nitrogens with two attached hydrogens (primary N) is 1. The molecule has 1 aliphatic heterocycles. The van der Waals surface area contributed by atoms with Crippen molar-refractivity contribution in [3.63, 3.8) is 0 Å². The van der Waals surface area contributed by atoms with Gasteiger partial charge in [-0.1, -0.05) is 0 Å². The van der Waals surface area contributed by atoms with E-state index in [1.165, 1.54) is 0 Å². The molecule has 10 heteroatoms. The molecule has 25 heavy (non-hydrogen) atoms. The Morgan fingerprint density at radius 3 is 2.64 bits per heavy atom. The number of pyridine rings is 1. The van der Waals surface area contributed by atoms with Crippen molar-refractivity contribution < 1.29 is 4.92 Å². The molecule has 1 fully saturated rings. The molecule has 128 valence electrons. The van der Waals surface area contributed by atoms with Gasteiger partial charge in [-0.15, -0.1) is 0 Å². The summed E-state index contributed by atoms with van der Waals surface area (Å²) in [5.41, 5.74) is 5.81. The van der Waals surface area contributed by atoms with Crippen molar-refractivity contribution in [1.82, 2.24) is 15.0 Å². The zero-order chi connectivity index (χ0) is 17.8. The number of nitrogens with zero attached hydrogens (tertiary/aromatic N) is 6. The van der Waals surface area contributed by atoms with E-state index in [0.29, 0.717) is 5.56 Å². The average molecular weight is 340 g/mol. The van der Waals surface area contributed by atoms with Crippen LogP contribution in [0.15, 0.2) is 24.5 Å². The molecule has 0 bridgehead atoms.